The highest BCUT2D eigenvalue weighted by Gasteiger charge is 2.25. The molecule has 0 saturated heterocycles. The number of carbonyl (C=O) groups is 1. The Morgan fingerprint density at radius 3 is 2.42 bits per heavy atom. The molecule has 0 spiro atoms. The first-order valence-corrected chi connectivity index (χ1v) is 14.8. The van der Waals surface area contributed by atoms with E-state index in [2.05, 4.69) is 21.6 Å². The number of nitrogens with zero attached hydrogens (tertiary/aromatic N) is 3. The van der Waals surface area contributed by atoms with Gasteiger partial charge in [0.05, 0.1) is 28.1 Å². The van der Waals surface area contributed by atoms with Crippen molar-refractivity contribution in [2.75, 3.05) is 18.6 Å². The molecule has 0 fully saturated rings. The van der Waals surface area contributed by atoms with Gasteiger partial charge in [0.2, 0.25) is 11.7 Å². The Balaban J connectivity index is 1.68. The van der Waals surface area contributed by atoms with Gasteiger partial charge in [-0.2, -0.15) is 9.46 Å². The molecular formula is C29H32ClN3O4S. The number of halogens is 1. The van der Waals surface area contributed by atoms with Gasteiger partial charge in [0.15, 0.2) is 0 Å². The van der Waals surface area contributed by atoms with Crippen LogP contribution in [-0.2, 0) is 23.4 Å². The first kappa shape index (κ1) is 27.7. The molecule has 1 aromatic heterocycles. The van der Waals surface area contributed by atoms with Crippen molar-refractivity contribution < 1.29 is 18.5 Å². The van der Waals surface area contributed by atoms with Crippen LogP contribution in [0.5, 0.6) is 11.6 Å². The Bertz CT molecular complexity index is 1580. The number of benzene rings is 3. The van der Waals surface area contributed by atoms with Crippen LogP contribution in [0.3, 0.4) is 0 Å². The highest BCUT2D eigenvalue weighted by molar-refractivity contribution is 7.93. The average Bonchev–Trinajstić information content (AvgIpc) is 3.28. The van der Waals surface area contributed by atoms with Gasteiger partial charge in [0.25, 0.3) is 0 Å². The lowest BCUT2D eigenvalue weighted by Gasteiger charge is -2.14. The molecule has 9 heteroatoms. The molecule has 4 aromatic rings. The monoisotopic (exact) mass is 553 g/mol. The second-order valence-electron chi connectivity index (χ2n) is 9.04. The average molecular weight is 554 g/mol. The molecule has 0 unspecified atom stereocenters. The summed E-state index contributed by atoms with van der Waals surface area (Å²) < 4.78 is 31.1. The highest BCUT2D eigenvalue weighted by Crippen LogP contribution is 2.40. The van der Waals surface area contributed by atoms with E-state index in [9.17, 15) is 9.00 Å². The summed E-state index contributed by atoms with van der Waals surface area (Å²) >= 11 is 6.74. The molecule has 0 saturated carbocycles. The summed E-state index contributed by atoms with van der Waals surface area (Å²) in [5.74, 6) is 1.20. The van der Waals surface area contributed by atoms with Crippen molar-refractivity contribution in [1.82, 2.24) is 9.78 Å². The molecule has 0 aliphatic carbocycles. The summed E-state index contributed by atoms with van der Waals surface area (Å²) in [6.45, 7) is 4.19. The molecule has 0 radical (unpaired) electrons. The van der Waals surface area contributed by atoms with Gasteiger partial charge in [-0.1, -0.05) is 61.8 Å². The zero-order valence-corrected chi connectivity index (χ0v) is 23.6. The second kappa shape index (κ2) is 12.0. The predicted molar refractivity (Wildman–Crippen MR) is 153 cm³/mol. The van der Waals surface area contributed by atoms with Gasteiger partial charge in [-0.3, -0.25) is 4.79 Å². The van der Waals surface area contributed by atoms with Crippen LogP contribution in [0.2, 0.25) is 5.02 Å². The Labute approximate surface area is 228 Å². The normalized spacial score (nSPS) is 11.5. The van der Waals surface area contributed by atoms with E-state index in [4.69, 9.17) is 21.1 Å². The standard InChI is InChI=1S/C29H32ClN3O4S/c1-5-15-38(35,16-6-2)32-27-25(36-4)14-13-23(26(27)30)28(34)24-18-31-33(3)29(24)37-19-20-11-12-21-9-7-8-10-22(21)17-20/h7-14,17-18H,5-6,15-16,19H2,1-4H3. The van der Waals surface area contributed by atoms with Crippen LogP contribution in [0.15, 0.2) is 65.2 Å². The number of hydrogen-bond acceptors (Lipinski definition) is 6. The number of aromatic nitrogens is 2. The first-order valence-electron chi connectivity index (χ1n) is 12.6. The zero-order chi connectivity index (χ0) is 27.3. The fourth-order valence-corrected chi connectivity index (χ4v) is 6.86. The van der Waals surface area contributed by atoms with Crippen LogP contribution >= 0.6 is 11.6 Å². The van der Waals surface area contributed by atoms with E-state index in [1.54, 1.807) is 19.2 Å². The fourth-order valence-electron chi connectivity index (χ4n) is 4.35. The third-order valence-corrected chi connectivity index (χ3v) is 9.16. The van der Waals surface area contributed by atoms with E-state index in [1.165, 1.54) is 18.0 Å². The number of methoxy groups -OCH3 is 1. The van der Waals surface area contributed by atoms with E-state index in [0.717, 1.165) is 16.3 Å². The third kappa shape index (κ3) is 5.87. The molecule has 0 aliphatic heterocycles. The number of rotatable bonds is 11. The van der Waals surface area contributed by atoms with Crippen molar-refractivity contribution in [3.05, 3.63) is 82.5 Å². The Hall–Kier alpha value is -3.36. The minimum atomic E-state index is -2.56. The van der Waals surface area contributed by atoms with Gasteiger partial charge in [-0.25, -0.2) is 8.89 Å². The van der Waals surface area contributed by atoms with Gasteiger partial charge < -0.3 is 9.47 Å². The maximum atomic E-state index is 13.7. The maximum absolute atomic E-state index is 13.7. The third-order valence-electron chi connectivity index (χ3n) is 6.17. The number of ether oxygens (including phenoxy) is 2. The number of aryl methyl sites for hydroxylation is 1. The highest BCUT2D eigenvalue weighted by atomic mass is 35.5. The summed E-state index contributed by atoms with van der Waals surface area (Å²) in [4.78, 5) is 13.7. The van der Waals surface area contributed by atoms with E-state index >= 15 is 0 Å². The minimum Gasteiger partial charge on any atom is -0.494 e. The number of carbonyl (C=O) groups excluding carboxylic acids is 1. The molecule has 0 aliphatic rings. The van der Waals surface area contributed by atoms with Crippen LogP contribution < -0.4 is 9.47 Å². The summed E-state index contributed by atoms with van der Waals surface area (Å²) in [6, 6.07) is 17.4. The molecule has 0 atom stereocenters. The van der Waals surface area contributed by atoms with Crippen molar-refractivity contribution >= 4 is 43.6 Å². The summed E-state index contributed by atoms with van der Waals surface area (Å²) in [7, 11) is 0.654. The van der Waals surface area contributed by atoms with Crippen molar-refractivity contribution in [3.63, 3.8) is 0 Å². The van der Waals surface area contributed by atoms with Crippen LogP contribution in [0.25, 0.3) is 10.8 Å². The van der Waals surface area contributed by atoms with Crippen LogP contribution in [-0.4, -0.2) is 38.4 Å². The molecule has 200 valence electrons. The molecule has 1 heterocycles. The van der Waals surface area contributed by atoms with Gasteiger partial charge >= 0.3 is 0 Å². The summed E-state index contributed by atoms with van der Waals surface area (Å²) in [6.07, 6.45) is 2.90. The van der Waals surface area contributed by atoms with Gasteiger partial charge in [0, 0.05) is 24.1 Å². The Morgan fingerprint density at radius 1 is 1.03 bits per heavy atom. The lowest BCUT2D eigenvalue weighted by Crippen LogP contribution is -2.10. The molecular weight excluding hydrogens is 522 g/mol. The van der Waals surface area contributed by atoms with Crippen LogP contribution in [0.1, 0.15) is 48.2 Å². The maximum Gasteiger partial charge on any atom is 0.223 e. The topological polar surface area (TPSA) is 82.8 Å². The van der Waals surface area contributed by atoms with E-state index < -0.39 is 9.73 Å². The van der Waals surface area contributed by atoms with E-state index in [0.29, 0.717) is 36.0 Å². The van der Waals surface area contributed by atoms with Crippen LogP contribution in [0.4, 0.5) is 5.69 Å². The largest absolute Gasteiger partial charge is 0.494 e. The quantitative estimate of drug-likeness (QED) is 0.187. The number of ketones is 1. The first-order chi connectivity index (χ1) is 18.3. The summed E-state index contributed by atoms with van der Waals surface area (Å²) in [5, 5.41) is 6.60. The van der Waals surface area contributed by atoms with Gasteiger partial charge in [0.1, 0.15) is 23.6 Å². The smallest absolute Gasteiger partial charge is 0.223 e. The number of fused-ring (bicyclic) bond motifs is 1. The van der Waals surface area contributed by atoms with E-state index in [-0.39, 0.29) is 34.2 Å². The Kier molecular flexibility index (Phi) is 8.74. The predicted octanol–water partition coefficient (Wildman–Crippen LogP) is 6.96. The SMILES string of the molecule is CCCS(=O)(CCC)=Nc1c(OC)ccc(C(=O)c2cnn(C)c2OCc2ccc3ccccc3c2)c1Cl. The van der Waals surface area contributed by atoms with Gasteiger partial charge in [-0.05, 0) is 47.4 Å². The lowest BCUT2D eigenvalue weighted by molar-refractivity contribution is 0.103. The second-order valence-corrected chi connectivity index (χ2v) is 12.0. The summed E-state index contributed by atoms with van der Waals surface area (Å²) in [5.41, 5.74) is 1.68. The minimum absolute atomic E-state index is 0.0959. The molecule has 38 heavy (non-hydrogen) atoms. The fraction of sp³-hybridized carbons (Fsp3) is 0.310. The molecule has 3 aromatic carbocycles. The van der Waals surface area contributed by atoms with Crippen molar-refractivity contribution in [3.8, 4) is 11.6 Å². The molecule has 7 nitrogen and oxygen atoms in total. The molecule has 4 rings (SSSR count). The van der Waals surface area contributed by atoms with Crippen molar-refractivity contribution in [2.45, 2.75) is 33.3 Å². The zero-order valence-electron chi connectivity index (χ0n) is 22.1. The van der Waals surface area contributed by atoms with Gasteiger partial charge in [-0.15, -0.1) is 0 Å². The van der Waals surface area contributed by atoms with E-state index in [1.807, 2.05) is 44.2 Å². The van der Waals surface area contributed by atoms with Crippen molar-refractivity contribution in [1.29, 1.82) is 0 Å². The molecule has 0 bridgehead atoms. The number of hydrogen-bond donors (Lipinski definition) is 0. The van der Waals surface area contributed by atoms with Crippen LogP contribution in [0, 0.1) is 0 Å². The Morgan fingerprint density at radius 2 is 1.74 bits per heavy atom. The van der Waals surface area contributed by atoms with Crippen molar-refractivity contribution in [2.24, 2.45) is 11.4 Å². The lowest BCUT2D eigenvalue weighted by atomic mass is 10.0. The molecule has 0 amide bonds. The molecule has 0 N–H and O–H groups in total.